The Kier molecular flexibility index (Phi) is 3.14. The van der Waals surface area contributed by atoms with Crippen molar-refractivity contribution in [3.8, 4) is 0 Å². The molecule has 1 unspecified atom stereocenters. The first kappa shape index (κ1) is 11.4. The first-order valence-electron chi connectivity index (χ1n) is 5.45. The molecule has 0 spiro atoms. The summed E-state index contributed by atoms with van der Waals surface area (Å²) in [4.78, 5) is 4.18. The van der Waals surface area contributed by atoms with Crippen LogP contribution in [0.4, 0.5) is 5.82 Å². The highest BCUT2D eigenvalue weighted by atomic mass is 32.2. The molecule has 1 aliphatic rings. The molecule has 1 aromatic rings. The van der Waals surface area contributed by atoms with Gasteiger partial charge in [0.2, 0.25) is 0 Å². The van der Waals surface area contributed by atoms with Gasteiger partial charge in [-0.1, -0.05) is 0 Å². The summed E-state index contributed by atoms with van der Waals surface area (Å²) in [5, 5.41) is 3.19. The lowest BCUT2D eigenvalue weighted by molar-refractivity contribution is 0.561. The number of nitrogens with one attached hydrogen (secondary N) is 1. The first-order valence-corrected chi connectivity index (χ1v) is 7.27. The molecule has 0 saturated carbocycles. The number of hydrogen-bond acceptors (Lipinski definition) is 4. The van der Waals surface area contributed by atoms with Crippen LogP contribution < -0.4 is 5.32 Å². The van der Waals surface area contributed by atoms with Gasteiger partial charge in [-0.3, -0.25) is 0 Å². The molecule has 0 radical (unpaired) electrons. The number of aromatic nitrogens is 1. The molecule has 2 rings (SSSR count). The van der Waals surface area contributed by atoms with Gasteiger partial charge in [0, 0.05) is 12.2 Å². The highest BCUT2D eigenvalue weighted by Gasteiger charge is 2.24. The van der Waals surface area contributed by atoms with E-state index in [0.717, 1.165) is 24.2 Å². The van der Waals surface area contributed by atoms with E-state index in [2.05, 4.69) is 10.3 Å². The number of rotatable bonds is 2. The van der Waals surface area contributed by atoms with Crippen molar-refractivity contribution in [3.05, 3.63) is 23.9 Å². The largest absolute Gasteiger partial charge is 0.366 e. The highest BCUT2D eigenvalue weighted by molar-refractivity contribution is 7.91. The third kappa shape index (κ3) is 2.95. The summed E-state index contributed by atoms with van der Waals surface area (Å²) in [7, 11) is -2.85. The van der Waals surface area contributed by atoms with Crippen LogP contribution in [0.3, 0.4) is 0 Å². The van der Waals surface area contributed by atoms with Crippen molar-refractivity contribution in [3.63, 3.8) is 0 Å². The van der Waals surface area contributed by atoms with Crippen molar-refractivity contribution in [1.82, 2.24) is 4.98 Å². The minimum absolute atomic E-state index is 0.00745. The Morgan fingerprint density at radius 2 is 2.31 bits per heavy atom. The van der Waals surface area contributed by atoms with Crippen molar-refractivity contribution in [1.29, 1.82) is 0 Å². The van der Waals surface area contributed by atoms with Crippen molar-refractivity contribution >= 4 is 15.7 Å². The van der Waals surface area contributed by atoms with Crippen LogP contribution in [0.25, 0.3) is 0 Å². The number of nitrogens with zero attached hydrogens (tertiary/aromatic N) is 1. The standard InChI is InChI=1S/C11H16N2O2S/c1-9-4-5-12-11(7-9)13-10-3-2-6-16(14,15)8-10/h4-5,7,10H,2-3,6,8H2,1H3,(H,12,13). The molecule has 0 bridgehead atoms. The molecule has 4 nitrogen and oxygen atoms in total. The average molecular weight is 240 g/mol. The van der Waals surface area contributed by atoms with Crippen LogP contribution in [0.1, 0.15) is 18.4 Å². The molecule has 0 aliphatic carbocycles. The van der Waals surface area contributed by atoms with Gasteiger partial charge in [0.05, 0.1) is 11.5 Å². The lowest BCUT2D eigenvalue weighted by Crippen LogP contribution is -2.35. The molecule has 0 aromatic carbocycles. The third-order valence-corrected chi connectivity index (χ3v) is 4.55. The van der Waals surface area contributed by atoms with Crippen LogP contribution in [0.15, 0.2) is 18.3 Å². The fraction of sp³-hybridized carbons (Fsp3) is 0.545. The van der Waals surface area contributed by atoms with Crippen molar-refractivity contribution < 1.29 is 8.42 Å². The fourth-order valence-corrected chi connectivity index (χ4v) is 3.60. The molecule has 1 fully saturated rings. The zero-order chi connectivity index (χ0) is 11.6. The molecule has 2 heterocycles. The van der Waals surface area contributed by atoms with Gasteiger partial charge in [-0.2, -0.15) is 0 Å². The summed E-state index contributed by atoms with van der Waals surface area (Å²) >= 11 is 0. The average Bonchev–Trinajstić information content (AvgIpc) is 2.15. The minimum Gasteiger partial charge on any atom is -0.366 e. The van der Waals surface area contributed by atoms with Gasteiger partial charge in [-0.05, 0) is 37.5 Å². The van der Waals surface area contributed by atoms with Crippen LogP contribution in [0.5, 0.6) is 0 Å². The molecule has 88 valence electrons. The molecule has 1 aliphatic heterocycles. The Morgan fingerprint density at radius 3 is 3.00 bits per heavy atom. The van der Waals surface area contributed by atoms with Gasteiger partial charge < -0.3 is 5.32 Å². The van der Waals surface area contributed by atoms with E-state index < -0.39 is 9.84 Å². The second kappa shape index (κ2) is 4.41. The van der Waals surface area contributed by atoms with E-state index in [1.807, 2.05) is 19.1 Å². The number of pyridine rings is 1. The maximum Gasteiger partial charge on any atom is 0.152 e. The third-order valence-electron chi connectivity index (χ3n) is 2.73. The van der Waals surface area contributed by atoms with E-state index in [9.17, 15) is 8.42 Å². The Hall–Kier alpha value is -1.10. The SMILES string of the molecule is Cc1ccnc(NC2CCCS(=O)(=O)C2)c1. The molecule has 0 amide bonds. The van der Waals surface area contributed by atoms with E-state index in [0.29, 0.717) is 5.75 Å². The van der Waals surface area contributed by atoms with Crippen LogP contribution in [0, 0.1) is 6.92 Å². The van der Waals surface area contributed by atoms with Crippen LogP contribution in [0.2, 0.25) is 0 Å². The van der Waals surface area contributed by atoms with Crippen molar-refractivity contribution in [2.24, 2.45) is 0 Å². The zero-order valence-corrected chi connectivity index (χ0v) is 10.1. The quantitative estimate of drug-likeness (QED) is 0.848. The smallest absolute Gasteiger partial charge is 0.152 e. The molecule has 1 aromatic heterocycles. The lowest BCUT2D eigenvalue weighted by atomic mass is 10.2. The predicted molar refractivity (Wildman–Crippen MR) is 64.3 cm³/mol. The Morgan fingerprint density at radius 1 is 1.50 bits per heavy atom. The molecular weight excluding hydrogens is 224 g/mol. The maximum atomic E-state index is 11.5. The van der Waals surface area contributed by atoms with Crippen molar-refractivity contribution in [2.75, 3.05) is 16.8 Å². The van der Waals surface area contributed by atoms with Gasteiger partial charge in [-0.25, -0.2) is 13.4 Å². The second-order valence-corrected chi connectivity index (χ2v) is 6.55. The van der Waals surface area contributed by atoms with E-state index in [4.69, 9.17) is 0 Å². The topological polar surface area (TPSA) is 59.1 Å². The monoisotopic (exact) mass is 240 g/mol. The summed E-state index contributed by atoms with van der Waals surface area (Å²) in [6.45, 7) is 1.99. The molecule has 1 atom stereocenters. The number of aryl methyl sites for hydroxylation is 1. The lowest BCUT2D eigenvalue weighted by Gasteiger charge is -2.23. The molecular formula is C11H16N2O2S. The Labute approximate surface area is 96.0 Å². The summed E-state index contributed by atoms with van der Waals surface area (Å²) in [6.07, 6.45) is 3.37. The summed E-state index contributed by atoms with van der Waals surface area (Å²) in [5.41, 5.74) is 1.12. The van der Waals surface area contributed by atoms with Gasteiger partial charge in [0.1, 0.15) is 5.82 Å². The predicted octanol–water partition coefficient (Wildman–Crippen LogP) is 1.38. The van der Waals surface area contributed by atoms with E-state index >= 15 is 0 Å². The van der Waals surface area contributed by atoms with Gasteiger partial charge in [-0.15, -0.1) is 0 Å². The Balaban J connectivity index is 2.05. The highest BCUT2D eigenvalue weighted by Crippen LogP contribution is 2.16. The molecule has 16 heavy (non-hydrogen) atoms. The van der Waals surface area contributed by atoms with Crippen LogP contribution in [-0.4, -0.2) is 30.9 Å². The van der Waals surface area contributed by atoms with E-state index in [1.165, 1.54) is 0 Å². The van der Waals surface area contributed by atoms with Gasteiger partial charge in [0.25, 0.3) is 0 Å². The van der Waals surface area contributed by atoms with E-state index in [1.54, 1.807) is 6.20 Å². The zero-order valence-electron chi connectivity index (χ0n) is 9.31. The van der Waals surface area contributed by atoms with Crippen LogP contribution in [-0.2, 0) is 9.84 Å². The Bertz CT molecular complexity index is 471. The fourth-order valence-electron chi connectivity index (χ4n) is 1.96. The normalized spacial score (nSPS) is 23.9. The maximum absolute atomic E-state index is 11.5. The minimum atomic E-state index is -2.85. The number of hydrogen-bond donors (Lipinski definition) is 1. The summed E-state index contributed by atoms with van der Waals surface area (Å²) in [5.74, 6) is 1.32. The summed E-state index contributed by atoms with van der Waals surface area (Å²) in [6, 6.07) is 3.86. The van der Waals surface area contributed by atoms with Gasteiger partial charge in [0.15, 0.2) is 9.84 Å². The van der Waals surface area contributed by atoms with E-state index in [-0.39, 0.29) is 11.8 Å². The van der Waals surface area contributed by atoms with Crippen LogP contribution >= 0.6 is 0 Å². The molecule has 5 heteroatoms. The van der Waals surface area contributed by atoms with Gasteiger partial charge >= 0.3 is 0 Å². The molecule has 1 saturated heterocycles. The number of anilines is 1. The number of sulfone groups is 1. The second-order valence-electron chi connectivity index (χ2n) is 4.32. The summed E-state index contributed by atoms with van der Waals surface area (Å²) < 4.78 is 22.9. The first-order chi connectivity index (χ1) is 7.55. The van der Waals surface area contributed by atoms with Crippen molar-refractivity contribution in [2.45, 2.75) is 25.8 Å². The molecule has 1 N–H and O–H groups in total.